The van der Waals surface area contributed by atoms with Crippen molar-refractivity contribution in [1.29, 1.82) is 0 Å². The summed E-state index contributed by atoms with van der Waals surface area (Å²) in [5.74, 6) is -0.394. The first-order valence-electron chi connectivity index (χ1n) is 6.45. The smallest absolute Gasteiger partial charge is 0.142 e. The molecule has 0 spiro atoms. The van der Waals surface area contributed by atoms with Gasteiger partial charge in [-0.3, -0.25) is 0 Å². The van der Waals surface area contributed by atoms with Gasteiger partial charge in [-0.05, 0) is 42.2 Å². The van der Waals surface area contributed by atoms with E-state index >= 15 is 0 Å². The van der Waals surface area contributed by atoms with E-state index in [2.05, 4.69) is 10.6 Å². The third-order valence-corrected chi connectivity index (χ3v) is 4.51. The summed E-state index contributed by atoms with van der Waals surface area (Å²) in [6.07, 6.45) is 4.02. The first kappa shape index (κ1) is 14.3. The zero-order chi connectivity index (χ0) is 15.0. The van der Waals surface area contributed by atoms with Gasteiger partial charge in [-0.2, -0.15) is 0 Å². The highest BCUT2D eigenvalue weighted by atomic mass is 35.5. The Balaban J connectivity index is 2.04. The Labute approximate surface area is 131 Å². The van der Waals surface area contributed by atoms with Crippen molar-refractivity contribution in [3.63, 3.8) is 0 Å². The summed E-state index contributed by atoms with van der Waals surface area (Å²) >= 11 is 7.38. The number of benzene rings is 2. The molecule has 0 aliphatic rings. The fraction of sp³-hybridized carbons (Fsp3) is 0.125. The summed E-state index contributed by atoms with van der Waals surface area (Å²) in [5.41, 5.74) is 8.61. The SMILES string of the molecule is CSc1cc(N)cc2c1ccn2Cc1ccc(Cl)c(F)c1. The largest absolute Gasteiger partial charge is 0.399 e. The summed E-state index contributed by atoms with van der Waals surface area (Å²) in [7, 11) is 0. The average molecular weight is 321 g/mol. The quantitative estimate of drug-likeness (QED) is 0.556. The molecule has 0 amide bonds. The van der Waals surface area contributed by atoms with Crippen molar-refractivity contribution in [1.82, 2.24) is 4.57 Å². The van der Waals surface area contributed by atoms with Gasteiger partial charge in [-0.15, -0.1) is 11.8 Å². The zero-order valence-corrected chi connectivity index (χ0v) is 13.0. The van der Waals surface area contributed by atoms with Crippen LogP contribution in [-0.2, 0) is 6.54 Å². The highest BCUT2D eigenvalue weighted by Crippen LogP contribution is 2.30. The van der Waals surface area contributed by atoms with Crippen LogP contribution in [0.25, 0.3) is 10.9 Å². The predicted octanol–water partition coefficient (Wildman–Crippen LogP) is 4.79. The van der Waals surface area contributed by atoms with Crippen LogP contribution in [-0.4, -0.2) is 10.8 Å². The molecule has 0 aliphatic heterocycles. The van der Waals surface area contributed by atoms with Gasteiger partial charge >= 0.3 is 0 Å². The van der Waals surface area contributed by atoms with Crippen LogP contribution in [0.3, 0.4) is 0 Å². The van der Waals surface area contributed by atoms with Gasteiger partial charge in [0.15, 0.2) is 0 Å². The van der Waals surface area contributed by atoms with Gasteiger partial charge in [-0.1, -0.05) is 17.7 Å². The van der Waals surface area contributed by atoms with E-state index in [9.17, 15) is 4.39 Å². The summed E-state index contributed by atoms with van der Waals surface area (Å²) in [6.45, 7) is 0.578. The molecule has 1 heterocycles. The second kappa shape index (κ2) is 5.62. The van der Waals surface area contributed by atoms with E-state index in [1.165, 1.54) is 6.07 Å². The second-order valence-corrected chi connectivity index (χ2v) is 6.10. The standard InChI is InChI=1S/C16H14ClFN2S/c1-21-16-8-11(19)7-15-12(16)4-5-20(15)9-10-2-3-13(17)14(18)6-10/h2-8H,9,19H2,1H3. The molecular formula is C16H14ClFN2S. The van der Waals surface area contributed by atoms with Crippen LogP contribution in [0.1, 0.15) is 5.56 Å². The predicted molar refractivity (Wildman–Crippen MR) is 88.6 cm³/mol. The molecular weight excluding hydrogens is 307 g/mol. The number of anilines is 1. The van der Waals surface area contributed by atoms with Crippen molar-refractivity contribution in [2.24, 2.45) is 0 Å². The maximum atomic E-state index is 13.5. The topological polar surface area (TPSA) is 30.9 Å². The van der Waals surface area contributed by atoms with Gasteiger partial charge in [0.05, 0.1) is 10.5 Å². The number of nitrogens with zero attached hydrogens (tertiary/aromatic N) is 1. The van der Waals surface area contributed by atoms with Crippen molar-refractivity contribution in [3.05, 3.63) is 59.0 Å². The van der Waals surface area contributed by atoms with Gasteiger partial charge < -0.3 is 10.3 Å². The number of nitrogens with two attached hydrogens (primary N) is 1. The third-order valence-electron chi connectivity index (χ3n) is 3.43. The zero-order valence-electron chi connectivity index (χ0n) is 11.4. The first-order valence-corrected chi connectivity index (χ1v) is 8.05. The lowest BCUT2D eigenvalue weighted by Crippen LogP contribution is -1.99. The van der Waals surface area contributed by atoms with E-state index in [0.717, 1.165) is 27.0 Å². The van der Waals surface area contributed by atoms with Crippen molar-refractivity contribution in [3.8, 4) is 0 Å². The highest BCUT2D eigenvalue weighted by molar-refractivity contribution is 7.98. The maximum Gasteiger partial charge on any atom is 0.142 e. The minimum atomic E-state index is -0.394. The monoisotopic (exact) mass is 320 g/mol. The third kappa shape index (κ3) is 2.74. The van der Waals surface area contributed by atoms with Gasteiger partial charge in [0.2, 0.25) is 0 Å². The van der Waals surface area contributed by atoms with Crippen LogP contribution < -0.4 is 5.73 Å². The molecule has 21 heavy (non-hydrogen) atoms. The number of aromatic nitrogens is 1. The van der Waals surface area contributed by atoms with Crippen LogP contribution in [0.4, 0.5) is 10.1 Å². The number of hydrogen-bond acceptors (Lipinski definition) is 2. The number of fused-ring (bicyclic) bond motifs is 1. The molecule has 3 aromatic rings. The van der Waals surface area contributed by atoms with Crippen LogP contribution in [0.2, 0.25) is 5.02 Å². The molecule has 2 aromatic carbocycles. The molecule has 108 valence electrons. The summed E-state index contributed by atoms with van der Waals surface area (Å²) in [6, 6.07) is 10.9. The molecule has 3 rings (SSSR count). The number of nitrogen functional groups attached to an aromatic ring is 1. The summed E-state index contributed by atoms with van der Waals surface area (Å²) < 4.78 is 15.6. The number of thioether (sulfide) groups is 1. The Morgan fingerprint density at radius 3 is 2.76 bits per heavy atom. The number of rotatable bonds is 3. The molecule has 0 unspecified atom stereocenters. The fourth-order valence-electron chi connectivity index (χ4n) is 2.42. The lowest BCUT2D eigenvalue weighted by Gasteiger charge is -2.08. The molecule has 1 aromatic heterocycles. The Morgan fingerprint density at radius 1 is 1.24 bits per heavy atom. The van der Waals surface area contributed by atoms with Gasteiger partial charge in [-0.25, -0.2) is 4.39 Å². The second-order valence-electron chi connectivity index (χ2n) is 4.85. The minimum Gasteiger partial charge on any atom is -0.399 e. The lowest BCUT2D eigenvalue weighted by molar-refractivity contribution is 0.624. The Morgan fingerprint density at radius 2 is 2.05 bits per heavy atom. The normalized spacial score (nSPS) is 11.2. The Kier molecular flexibility index (Phi) is 3.83. The highest BCUT2D eigenvalue weighted by Gasteiger charge is 2.08. The minimum absolute atomic E-state index is 0.144. The van der Waals surface area contributed by atoms with Crippen LogP contribution >= 0.6 is 23.4 Å². The Hall–Kier alpha value is -1.65. The van der Waals surface area contributed by atoms with E-state index in [4.69, 9.17) is 17.3 Å². The number of halogens is 2. The molecule has 0 saturated heterocycles. The van der Waals surface area contributed by atoms with Crippen LogP contribution in [0.15, 0.2) is 47.5 Å². The van der Waals surface area contributed by atoms with Crippen molar-refractivity contribution in [2.45, 2.75) is 11.4 Å². The molecule has 0 atom stereocenters. The van der Waals surface area contributed by atoms with E-state index in [-0.39, 0.29) is 5.02 Å². The van der Waals surface area contributed by atoms with E-state index in [0.29, 0.717) is 6.54 Å². The van der Waals surface area contributed by atoms with Gasteiger partial charge in [0.1, 0.15) is 5.82 Å². The maximum absolute atomic E-state index is 13.5. The van der Waals surface area contributed by atoms with E-state index in [1.54, 1.807) is 17.8 Å². The molecule has 2 N–H and O–H groups in total. The average Bonchev–Trinajstić information content (AvgIpc) is 2.85. The molecule has 0 fully saturated rings. The molecule has 5 heteroatoms. The first-order chi connectivity index (χ1) is 10.1. The summed E-state index contributed by atoms with van der Waals surface area (Å²) in [5, 5.41) is 1.30. The molecule has 0 bridgehead atoms. The fourth-order valence-corrected chi connectivity index (χ4v) is 3.19. The summed E-state index contributed by atoms with van der Waals surface area (Å²) in [4.78, 5) is 1.14. The van der Waals surface area contributed by atoms with E-state index < -0.39 is 5.82 Å². The van der Waals surface area contributed by atoms with Gasteiger partial charge in [0, 0.05) is 28.7 Å². The van der Waals surface area contributed by atoms with Crippen molar-refractivity contribution in [2.75, 3.05) is 12.0 Å². The van der Waals surface area contributed by atoms with Crippen molar-refractivity contribution < 1.29 is 4.39 Å². The molecule has 0 aliphatic carbocycles. The molecule has 0 saturated carbocycles. The van der Waals surface area contributed by atoms with Crippen LogP contribution in [0.5, 0.6) is 0 Å². The Bertz CT molecular complexity index is 813. The molecule has 2 nitrogen and oxygen atoms in total. The van der Waals surface area contributed by atoms with Gasteiger partial charge in [0.25, 0.3) is 0 Å². The molecule has 0 radical (unpaired) electrons. The van der Waals surface area contributed by atoms with Crippen LogP contribution in [0, 0.1) is 5.82 Å². The number of hydrogen-bond donors (Lipinski definition) is 1. The van der Waals surface area contributed by atoms with Crippen molar-refractivity contribution >= 4 is 40.0 Å². The van der Waals surface area contributed by atoms with E-state index in [1.807, 2.05) is 30.7 Å². The lowest BCUT2D eigenvalue weighted by atomic mass is 10.2.